The number of nitrogens with zero attached hydrogens (tertiary/aromatic N) is 1. The normalized spacial score (nSPS) is 32.5. The molecule has 2 nitrogen and oxygen atoms in total. The van der Waals surface area contributed by atoms with Gasteiger partial charge in [-0.05, 0) is 45.2 Å². The van der Waals surface area contributed by atoms with Crippen LogP contribution in [0, 0.1) is 0 Å². The fourth-order valence-corrected chi connectivity index (χ4v) is 3.34. The van der Waals surface area contributed by atoms with Gasteiger partial charge in [0.05, 0.1) is 0 Å². The summed E-state index contributed by atoms with van der Waals surface area (Å²) >= 11 is 2.10. The van der Waals surface area contributed by atoms with Crippen molar-refractivity contribution in [1.82, 2.24) is 10.2 Å². The van der Waals surface area contributed by atoms with Gasteiger partial charge >= 0.3 is 0 Å². The second-order valence-electron chi connectivity index (χ2n) is 4.30. The Morgan fingerprint density at radius 1 is 1.15 bits per heavy atom. The molecule has 0 saturated carbocycles. The lowest BCUT2D eigenvalue weighted by molar-refractivity contribution is 0.227. The molecule has 0 aromatic rings. The van der Waals surface area contributed by atoms with Gasteiger partial charge in [0.2, 0.25) is 0 Å². The van der Waals surface area contributed by atoms with Gasteiger partial charge in [0.15, 0.2) is 0 Å². The van der Waals surface area contributed by atoms with Gasteiger partial charge < -0.3 is 10.2 Å². The Morgan fingerprint density at radius 3 is 2.54 bits per heavy atom. The number of piperidine rings is 1. The molecule has 1 unspecified atom stereocenters. The maximum absolute atomic E-state index is 3.79. The van der Waals surface area contributed by atoms with Gasteiger partial charge in [-0.25, -0.2) is 0 Å². The van der Waals surface area contributed by atoms with Gasteiger partial charge in [-0.15, -0.1) is 0 Å². The highest BCUT2D eigenvalue weighted by Crippen LogP contribution is 2.19. The Morgan fingerprint density at radius 2 is 1.92 bits per heavy atom. The van der Waals surface area contributed by atoms with Gasteiger partial charge in [-0.2, -0.15) is 11.8 Å². The molecule has 0 amide bonds. The highest BCUT2D eigenvalue weighted by atomic mass is 32.2. The Balaban J connectivity index is 1.69. The van der Waals surface area contributed by atoms with Crippen molar-refractivity contribution in [3.05, 3.63) is 0 Å². The van der Waals surface area contributed by atoms with Crippen LogP contribution in [-0.4, -0.2) is 48.6 Å². The molecule has 1 N–H and O–H groups in total. The summed E-state index contributed by atoms with van der Waals surface area (Å²) in [4.78, 5) is 2.43. The first-order valence-corrected chi connectivity index (χ1v) is 6.52. The van der Waals surface area contributed by atoms with E-state index in [2.05, 4.69) is 29.0 Å². The van der Waals surface area contributed by atoms with E-state index in [1.807, 2.05) is 0 Å². The molecule has 0 aromatic carbocycles. The quantitative estimate of drug-likeness (QED) is 0.720. The van der Waals surface area contributed by atoms with Crippen molar-refractivity contribution in [1.29, 1.82) is 0 Å². The lowest BCUT2D eigenvalue weighted by atomic mass is 10.0. The second-order valence-corrected chi connectivity index (χ2v) is 5.45. The Bertz CT molecular complexity index is 149. The van der Waals surface area contributed by atoms with Crippen molar-refractivity contribution in [2.75, 3.05) is 31.6 Å². The minimum Gasteiger partial charge on any atom is -0.310 e. The molecule has 0 radical (unpaired) electrons. The molecule has 2 aliphatic rings. The zero-order valence-electron chi connectivity index (χ0n) is 8.46. The highest BCUT2D eigenvalue weighted by Gasteiger charge is 2.21. The van der Waals surface area contributed by atoms with Crippen molar-refractivity contribution >= 4 is 11.8 Å². The Hall–Kier alpha value is 0.270. The molecule has 0 bridgehead atoms. The van der Waals surface area contributed by atoms with Crippen LogP contribution in [0.15, 0.2) is 0 Å². The van der Waals surface area contributed by atoms with Crippen LogP contribution in [0.1, 0.15) is 19.3 Å². The third kappa shape index (κ3) is 2.86. The number of hydrogen-bond donors (Lipinski definition) is 1. The van der Waals surface area contributed by atoms with E-state index in [4.69, 9.17) is 0 Å². The average Bonchev–Trinajstić information content (AvgIpc) is 2.62. The first-order chi connectivity index (χ1) is 6.34. The minimum atomic E-state index is 0.805. The fourth-order valence-electron chi connectivity index (χ4n) is 2.17. The summed E-state index contributed by atoms with van der Waals surface area (Å²) in [6.07, 6.45) is 4.08. The summed E-state index contributed by atoms with van der Waals surface area (Å²) in [7, 11) is 2.22. The van der Waals surface area contributed by atoms with Crippen molar-refractivity contribution < 1.29 is 0 Å². The van der Waals surface area contributed by atoms with Crippen molar-refractivity contribution in [3.8, 4) is 0 Å². The van der Waals surface area contributed by atoms with E-state index >= 15 is 0 Å². The van der Waals surface area contributed by atoms with E-state index in [1.165, 1.54) is 43.9 Å². The van der Waals surface area contributed by atoms with Crippen LogP contribution in [0.3, 0.4) is 0 Å². The summed E-state index contributed by atoms with van der Waals surface area (Å²) in [5.74, 6) is 2.70. The fraction of sp³-hybridized carbons (Fsp3) is 1.00. The second kappa shape index (κ2) is 4.67. The number of thioether (sulfide) groups is 1. The van der Waals surface area contributed by atoms with Crippen LogP contribution in [0.25, 0.3) is 0 Å². The first kappa shape index (κ1) is 9.81. The van der Waals surface area contributed by atoms with E-state index in [0.717, 1.165) is 12.1 Å². The predicted molar refractivity (Wildman–Crippen MR) is 59.4 cm³/mol. The topological polar surface area (TPSA) is 15.3 Å². The van der Waals surface area contributed by atoms with Crippen LogP contribution in [0.4, 0.5) is 0 Å². The van der Waals surface area contributed by atoms with Crippen LogP contribution in [0.2, 0.25) is 0 Å². The molecular weight excluding hydrogens is 180 g/mol. The van der Waals surface area contributed by atoms with Gasteiger partial charge in [-0.3, -0.25) is 0 Å². The molecule has 0 aliphatic carbocycles. The standard InChI is InChI=1S/C10H20N2S/c1-12-5-2-9(3-6-12)11-10-4-7-13-8-10/h9-11H,2-8H2,1H3. The van der Waals surface area contributed by atoms with Crippen LogP contribution in [-0.2, 0) is 0 Å². The molecule has 13 heavy (non-hydrogen) atoms. The molecular formula is C10H20N2S. The maximum Gasteiger partial charge on any atom is 0.0168 e. The molecule has 1 atom stereocenters. The smallest absolute Gasteiger partial charge is 0.0168 e. The molecule has 2 rings (SSSR count). The van der Waals surface area contributed by atoms with Crippen molar-refractivity contribution in [3.63, 3.8) is 0 Å². The molecule has 0 spiro atoms. The number of nitrogens with one attached hydrogen (secondary N) is 1. The van der Waals surface area contributed by atoms with Gasteiger partial charge in [0, 0.05) is 17.8 Å². The minimum absolute atomic E-state index is 0.805. The summed E-state index contributed by atoms with van der Waals surface area (Å²) in [5, 5.41) is 3.79. The molecule has 0 aromatic heterocycles. The average molecular weight is 200 g/mol. The van der Waals surface area contributed by atoms with Crippen LogP contribution < -0.4 is 5.32 Å². The Kier molecular flexibility index (Phi) is 3.52. The molecule has 3 heteroatoms. The highest BCUT2D eigenvalue weighted by molar-refractivity contribution is 7.99. The molecule has 2 saturated heterocycles. The molecule has 2 fully saturated rings. The molecule has 2 aliphatic heterocycles. The van der Waals surface area contributed by atoms with Gasteiger partial charge in [-0.1, -0.05) is 0 Å². The Labute approximate surface area is 85.4 Å². The van der Waals surface area contributed by atoms with Gasteiger partial charge in [0.1, 0.15) is 0 Å². The maximum atomic E-state index is 3.79. The number of hydrogen-bond acceptors (Lipinski definition) is 3. The third-order valence-electron chi connectivity index (χ3n) is 3.12. The third-order valence-corrected chi connectivity index (χ3v) is 4.28. The lowest BCUT2D eigenvalue weighted by Crippen LogP contribution is -2.45. The van der Waals surface area contributed by atoms with Gasteiger partial charge in [0.25, 0.3) is 0 Å². The SMILES string of the molecule is CN1CCC(NC2CCSC2)CC1. The zero-order valence-corrected chi connectivity index (χ0v) is 9.28. The summed E-state index contributed by atoms with van der Waals surface area (Å²) in [6, 6.07) is 1.62. The van der Waals surface area contributed by atoms with Crippen LogP contribution >= 0.6 is 11.8 Å². The van der Waals surface area contributed by atoms with Crippen molar-refractivity contribution in [2.24, 2.45) is 0 Å². The van der Waals surface area contributed by atoms with E-state index in [0.29, 0.717) is 0 Å². The van der Waals surface area contributed by atoms with E-state index in [1.54, 1.807) is 0 Å². The first-order valence-electron chi connectivity index (χ1n) is 5.37. The van der Waals surface area contributed by atoms with E-state index in [9.17, 15) is 0 Å². The van der Waals surface area contributed by atoms with E-state index < -0.39 is 0 Å². The number of rotatable bonds is 2. The summed E-state index contributed by atoms with van der Waals surface area (Å²) in [6.45, 7) is 2.55. The van der Waals surface area contributed by atoms with Crippen molar-refractivity contribution in [2.45, 2.75) is 31.3 Å². The summed E-state index contributed by atoms with van der Waals surface area (Å²) in [5.41, 5.74) is 0. The van der Waals surface area contributed by atoms with Crippen LogP contribution in [0.5, 0.6) is 0 Å². The monoisotopic (exact) mass is 200 g/mol. The summed E-state index contributed by atoms with van der Waals surface area (Å²) < 4.78 is 0. The largest absolute Gasteiger partial charge is 0.310 e. The predicted octanol–water partition coefficient (Wildman–Crippen LogP) is 1.18. The van der Waals surface area contributed by atoms with E-state index in [-0.39, 0.29) is 0 Å². The molecule has 2 heterocycles. The molecule has 76 valence electrons. The number of likely N-dealkylation sites (tertiary alicyclic amines) is 1. The lowest BCUT2D eigenvalue weighted by Gasteiger charge is -2.31. The zero-order chi connectivity index (χ0) is 9.10.